The quantitative estimate of drug-likeness (QED) is 0.505. The molecule has 48 valence electrons. The second-order valence-corrected chi connectivity index (χ2v) is 1.50. The highest BCUT2D eigenvalue weighted by Crippen LogP contribution is 2.17. The molecule has 1 aromatic heterocycles. The molecule has 0 saturated carbocycles. The van der Waals surface area contributed by atoms with E-state index in [0.29, 0.717) is 0 Å². The van der Waals surface area contributed by atoms with Gasteiger partial charge in [-0.05, 0) is 0 Å². The van der Waals surface area contributed by atoms with E-state index in [1.165, 1.54) is 0 Å². The van der Waals surface area contributed by atoms with E-state index in [0.717, 1.165) is 12.3 Å². The Morgan fingerprint density at radius 1 is 1.44 bits per heavy atom. The van der Waals surface area contributed by atoms with Crippen LogP contribution in [0.5, 0.6) is 11.5 Å². The predicted molar refractivity (Wildman–Crippen MR) is 27.5 cm³/mol. The predicted octanol–water partition coefficient (Wildman–Crippen LogP) is 0.632. The molecular weight excluding hydrogens is 125 g/mol. The van der Waals surface area contributed by atoms with Gasteiger partial charge >= 0.3 is 0 Å². The summed E-state index contributed by atoms with van der Waals surface area (Å²) in [6.07, 6.45) is 0.912. The van der Waals surface area contributed by atoms with Crippen LogP contribution in [0.15, 0.2) is 12.3 Å². The second kappa shape index (κ2) is 1.89. The molecule has 1 rings (SSSR count). The van der Waals surface area contributed by atoms with Crippen LogP contribution >= 0.6 is 0 Å². The Kier molecular flexibility index (Phi) is 1.22. The van der Waals surface area contributed by atoms with E-state index in [9.17, 15) is 4.39 Å². The Hall–Kier alpha value is -1.32. The molecule has 0 bridgehead atoms. The van der Waals surface area contributed by atoms with Crippen LogP contribution in [0.1, 0.15) is 0 Å². The summed E-state index contributed by atoms with van der Waals surface area (Å²) in [4.78, 5) is 3.01. The van der Waals surface area contributed by atoms with Gasteiger partial charge in [0.25, 0.3) is 5.95 Å². The van der Waals surface area contributed by atoms with Gasteiger partial charge in [-0.2, -0.15) is 4.39 Å². The van der Waals surface area contributed by atoms with Crippen molar-refractivity contribution in [3.8, 4) is 11.5 Å². The minimum absolute atomic E-state index is 0.256. The molecule has 0 unspecified atom stereocenters. The lowest BCUT2D eigenvalue weighted by Crippen LogP contribution is -1.80. The van der Waals surface area contributed by atoms with Crippen LogP contribution < -0.4 is 0 Å². The first-order valence-electron chi connectivity index (χ1n) is 2.23. The summed E-state index contributed by atoms with van der Waals surface area (Å²) in [5, 5.41) is 17.1. The Morgan fingerprint density at radius 2 is 2.11 bits per heavy atom. The minimum atomic E-state index is -0.979. The Bertz CT molecular complexity index is 226. The van der Waals surface area contributed by atoms with Crippen molar-refractivity contribution in [2.24, 2.45) is 0 Å². The van der Waals surface area contributed by atoms with Gasteiger partial charge in [-0.1, -0.05) is 0 Å². The average Bonchev–Trinajstić information content (AvgIpc) is 1.80. The minimum Gasteiger partial charge on any atom is -0.506 e. The fourth-order valence-electron chi connectivity index (χ4n) is 0.426. The number of pyridine rings is 1. The number of rotatable bonds is 0. The van der Waals surface area contributed by atoms with Crippen molar-refractivity contribution in [2.45, 2.75) is 0 Å². The number of aromatic hydroxyl groups is 2. The van der Waals surface area contributed by atoms with E-state index in [-0.39, 0.29) is 5.75 Å². The lowest BCUT2D eigenvalue weighted by atomic mass is 10.4. The summed E-state index contributed by atoms with van der Waals surface area (Å²) in [5.74, 6) is -1.88. The first kappa shape index (κ1) is 5.81. The summed E-state index contributed by atoms with van der Waals surface area (Å²) in [6, 6.07) is 0.877. The van der Waals surface area contributed by atoms with Crippen LogP contribution in [0.3, 0.4) is 0 Å². The zero-order valence-electron chi connectivity index (χ0n) is 4.37. The molecule has 0 aromatic carbocycles. The molecule has 1 aromatic rings. The van der Waals surface area contributed by atoms with E-state index in [1.54, 1.807) is 0 Å². The van der Waals surface area contributed by atoms with Gasteiger partial charge in [-0.15, -0.1) is 0 Å². The third-order valence-corrected chi connectivity index (χ3v) is 0.806. The van der Waals surface area contributed by atoms with Crippen molar-refractivity contribution in [1.29, 1.82) is 0 Å². The molecule has 0 atom stereocenters. The van der Waals surface area contributed by atoms with E-state index in [2.05, 4.69) is 4.98 Å². The standard InChI is InChI=1S/C5H4FNO2/c6-5-4(9)1-3(8)2-7-5/h1-2,8-9H. The van der Waals surface area contributed by atoms with Crippen molar-refractivity contribution < 1.29 is 14.6 Å². The third-order valence-electron chi connectivity index (χ3n) is 0.806. The fourth-order valence-corrected chi connectivity index (χ4v) is 0.426. The van der Waals surface area contributed by atoms with E-state index < -0.39 is 11.7 Å². The molecule has 0 fully saturated rings. The Morgan fingerprint density at radius 3 is 2.56 bits per heavy atom. The fraction of sp³-hybridized carbons (Fsp3) is 0. The van der Waals surface area contributed by atoms with Gasteiger partial charge in [0.15, 0.2) is 5.75 Å². The number of hydrogen-bond acceptors (Lipinski definition) is 3. The summed E-state index contributed by atoms with van der Waals surface area (Å²) in [5.41, 5.74) is 0. The van der Waals surface area contributed by atoms with Crippen molar-refractivity contribution in [3.63, 3.8) is 0 Å². The molecule has 0 amide bonds. The van der Waals surface area contributed by atoms with E-state index >= 15 is 0 Å². The van der Waals surface area contributed by atoms with Gasteiger partial charge < -0.3 is 10.2 Å². The van der Waals surface area contributed by atoms with Crippen LogP contribution in [-0.2, 0) is 0 Å². The SMILES string of the molecule is Oc1cnc(F)c(O)c1. The zero-order valence-corrected chi connectivity index (χ0v) is 4.37. The van der Waals surface area contributed by atoms with Crippen molar-refractivity contribution in [2.75, 3.05) is 0 Å². The van der Waals surface area contributed by atoms with Gasteiger partial charge in [0, 0.05) is 6.07 Å². The van der Waals surface area contributed by atoms with Crippen LogP contribution in [0.2, 0.25) is 0 Å². The van der Waals surface area contributed by atoms with Crippen molar-refractivity contribution >= 4 is 0 Å². The van der Waals surface area contributed by atoms with Gasteiger partial charge in [0.05, 0.1) is 6.20 Å². The summed E-state index contributed by atoms with van der Waals surface area (Å²) in [6.45, 7) is 0. The maximum atomic E-state index is 12.0. The molecule has 3 nitrogen and oxygen atoms in total. The molecule has 9 heavy (non-hydrogen) atoms. The molecule has 4 heteroatoms. The maximum Gasteiger partial charge on any atom is 0.255 e. The van der Waals surface area contributed by atoms with Gasteiger partial charge in [0.2, 0.25) is 0 Å². The highest BCUT2D eigenvalue weighted by atomic mass is 19.1. The van der Waals surface area contributed by atoms with Crippen molar-refractivity contribution in [3.05, 3.63) is 18.2 Å². The maximum absolute atomic E-state index is 12.0. The smallest absolute Gasteiger partial charge is 0.255 e. The molecule has 0 spiro atoms. The molecule has 0 aliphatic carbocycles. The van der Waals surface area contributed by atoms with E-state index in [4.69, 9.17) is 10.2 Å². The molecular formula is C5H4FNO2. The first-order chi connectivity index (χ1) is 4.20. The highest BCUT2D eigenvalue weighted by Gasteiger charge is 1.99. The number of nitrogens with zero attached hydrogens (tertiary/aromatic N) is 1. The van der Waals surface area contributed by atoms with Crippen LogP contribution in [0.4, 0.5) is 4.39 Å². The Labute approximate surface area is 50.4 Å². The molecule has 2 N–H and O–H groups in total. The lowest BCUT2D eigenvalue weighted by molar-refractivity contribution is 0.404. The van der Waals surface area contributed by atoms with Crippen LogP contribution in [0, 0.1) is 5.95 Å². The number of aromatic nitrogens is 1. The molecule has 0 radical (unpaired) electrons. The zero-order chi connectivity index (χ0) is 6.85. The molecule has 0 aliphatic heterocycles. The molecule has 0 saturated heterocycles. The second-order valence-electron chi connectivity index (χ2n) is 1.50. The van der Waals surface area contributed by atoms with Gasteiger partial charge in [-0.25, -0.2) is 4.98 Å². The Balaban J connectivity index is 3.17. The van der Waals surface area contributed by atoms with Crippen LogP contribution in [-0.4, -0.2) is 15.2 Å². The van der Waals surface area contributed by atoms with Crippen LogP contribution in [0.25, 0.3) is 0 Å². The lowest BCUT2D eigenvalue weighted by Gasteiger charge is -1.92. The number of hydrogen-bond donors (Lipinski definition) is 2. The highest BCUT2D eigenvalue weighted by molar-refractivity contribution is 5.26. The molecule has 1 heterocycles. The largest absolute Gasteiger partial charge is 0.506 e. The number of halogens is 1. The normalized spacial score (nSPS) is 9.44. The topological polar surface area (TPSA) is 53.4 Å². The summed E-state index contributed by atoms with van der Waals surface area (Å²) < 4.78 is 12.0. The third kappa shape index (κ3) is 1.07. The first-order valence-corrected chi connectivity index (χ1v) is 2.23. The molecule has 0 aliphatic rings. The summed E-state index contributed by atoms with van der Waals surface area (Å²) in [7, 11) is 0. The summed E-state index contributed by atoms with van der Waals surface area (Å²) >= 11 is 0. The van der Waals surface area contributed by atoms with E-state index in [1.807, 2.05) is 0 Å². The monoisotopic (exact) mass is 129 g/mol. The van der Waals surface area contributed by atoms with Gasteiger partial charge in [-0.3, -0.25) is 0 Å². The van der Waals surface area contributed by atoms with Gasteiger partial charge in [0.1, 0.15) is 5.75 Å². The van der Waals surface area contributed by atoms with Crippen molar-refractivity contribution in [1.82, 2.24) is 4.98 Å². The average molecular weight is 129 g/mol.